The number of hydrogen-bond acceptors (Lipinski definition) is 3. The third kappa shape index (κ3) is 6.42. The fourth-order valence-corrected chi connectivity index (χ4v) is 6.25. The number of epoxide rings is 1. The van der Waals surface area contributed by atoms with Crippen LogP contribution in [0, 0.1) is 0 Å². The van der Waals surface area contributed by atoms with Crippen LogP contribution >= 0.6 is 0 Å². The Labute approximate surface area is 266 Å². The fraction of sp³-hybridized carbons (Fsp3) is 0.190. The molecule has 5 aromatic carbocycles. The molecular weight excluding hydrogens is 552 g/mol. The summed E-state index contributed by atoms with van der Waals surface area (Å²) in [6.07, 6.45) is 7.32. The highest BCUT2D eigenvalue weighted by Crippen LogP contribution is 2.46. The number of hydrogen-bond donors (Lipinski definition) is 0. The van der Waals surface area contributed by atoms with Crippen LogP contribution in [0.25, 0.3) is 22.3 Å². The maximum absolute atomic E-state index is 6.34. The lowest BCUT2D eigenvalue weighted by Gasteiger charge is -2.33. The van der Waals surface area contributed by atoms with E-state index in [2.05, 4.69) is 159 Å². The molecule has 1 heterocycles. The van der Waals surface area contributed by atoms with Gasteiger partial charge in [0.25, 0.3) is 0 Å². The van der Waals surface area contributed by atoms with Crippen LogP contribution in [0.5, 0.6) is 5.75 Å². The van der Waals surface area contributed by atoms with E-state index in [1.165, 1.54) is 33.4 Å². The Morgan fingerprint density at radius 1 is 0.689 bits per heavy atom. The molecular formula is C42H38O3. The molecule has 224 valence electrons. The van der Waals surface area contributed by atoms with E-state index >= 15 is 0 Å². The topological polar surface area (TPSA) is 31.0 Å². The van der Waals surface area contributed by atoms with Crippen LogP contribution in [0.1, 0.15) is 29.5 Å². The highest BCUT2D eigenvalue weighted by Gasteiger charge is 2.35. The lowest BCUT2D eigenvalue weighted by atomic mass is 9.70. The average Bonchev–Trinajstić information content (AvgIpc) is 3.81. The van der Waals surface area contributed by atoms with Crippen LogP contribution in [0.15, 0.2) is 157 Å². The molecule has 2 aliphatic rings. The summed E-state index contributed by atoms with van der Waals surface area (Å²) in [6.45, 7) is 4.79. The van der Waals surface area contributed by atoms with E-state index in [4.69, 9.17) is 14.2 Å². The van der Waals surface area contributed by atoms with Crippen LogP contribution in [-0.4, -0.2) is 32.5 Å². The average molecular weight is 591 g/mol. The minimum atomic E-state index is -0.398. The van der Waals surface area contributed by atoms with E-state index in [1.54, 1.807) is 0 Å². The predicted octanol–water partition coefficient (Wildman–Crippen LogP) is 9.40. The van der Waals surface area contributed by atoms with Crippen molar-refractivity contribution in [2.24, 2.45) is 0 Å². The van der Waals surface area contributed by atoms with Gasteiger partial charge in [0.05, 0.1) is 19.8 Å². The predicted molar refractivity (Wildman–Crippen MR) is 183 cm³/mol. The van der Waals surface area contributed by atoms with E-state index < -0.39 is 5.41 Å². The van der Waals surface area contributed by atoms with Crippen LogP contribution in [0.4, 0.5) is 0 Å². The van der Waals surface area contributed by atoms with Crippen molar-refractivity contribution < 1.29 is 14.2 Å². The zero-order valence-corrected chi connectivity index (χ0v) is 25.6. The smallest absolute Gasteiger partial charge is 0.127 e. The molecule has 0 radical (unpaired) electrons. The zero-order valence-electron chi connectivity index (χ0n) is 25.6. The van der Waals surface area contributed by atoms with Gasteiger partial charge in [-0.15, -0.1) is 0 Å². The summed E-state index contributed by atoms with van der Waals surface area (Å²) in [5.41, 5.74) is 9.28. The molecule has 0 spiro atoms. The molecule has 45 heavy (non-hydrogen) atoms. The first-order valence-corrected chi connectivity index (χ1v) is 15.8. The number of allylic oxidation sites excluding steroid dienone is 4. The summed E-state index contributed by atoms with van der Waals surface area (Å²) >= 11 is 0. The summed E-state index contributed by atoms with van der Waals surface area (Å²) in [7, 11) is 0. The molecule has 3 atom stereocenters. The summed E-state index contributed by atoms with van der Waals surface area (Å²) < 4.78 is 17.3. The van der Waals surface area contributed by atoms with Crippen LogP contribution in [0.2, 0.25) is 0 Å². The van der Waals surface area contributed by atoms with E-state index in [0.717, 1.165) is 23.5 Å². The second kappa shape index (κ2) is 13.1. The third-order valence-electron chi connectivity index (χ3n) is 9.01. The van der Waals surface area contributed by atoms with Crippen LogP contribution in [0.3, 0.4) is 0 Å². The second-order valence-electron chi connectivity index (χ2n) is 11.9. The minimum Gasteiger partial charge on any atom is -0.491 e. The maximum Gasteiger partial charge on any atom is 0.127 e. The SMILES string of the molecule is CC(C1=CC(c2ccccc2)C=C1)(c1ccc(-c2ccccc2)cc1)c1ccc(OCCOCC2CO2)c(-c2ccccc2)c1. The lowest BCUT2D eigenvalue weighted by molar-refractivity contribution is 0.0880. The molecule has 5 aromatic rings. The molecule has 1 fully saturated rings. The van der Waals surface area contributed by atoms with Gasteiger partial charge in [0.1, 0.15) is 18.5 Å². The fourth-order valence-electron chi connectivity index (χ4n) is 6.25. The van der Waals surface area contributed by atoms with Gasteiger partial charge in [-0.3, -0.25) is 0 Å². The van der Waals surface area contributed by atoms with Crippen molar-refractivity contribution in [1.29, 1.82) is 0 Å². The minimum absolute atomic E-state index is 0.237. The van der Waals surface area contributed by atoms with E-state index in [1.807, 2.05) is 0 Å². The van der Waals surface area contributed by atoms with Crippen molar-refractivity contribution >= 4 is 0 Å². The Morgan fingerprint density at radius 3 is 2.00 bits per heavy atom. The first-order chi connectivity index (χ1) is 22.2. The van der Waals surface area contributed by atoms with Gasteiger partial charge >= 0.3 is 0 Å². The normalized spacial score (nSPS) is 18.3. The molecule has 3 unspecified atom stereocenters. The number of ether oxygens (including phenoxy) is 3. The molecule has 3 nitrogen and oxygen atoms in total. The Morgan fingerprint density at radius 2 is 1.31 bits per heavy atom. The van der Waals surface area contributed by atoms with Gasteiger partial charge < -0.3 is 14.2 Å². The van der Waals surface area contributed by atoms with Gasteiger partial charge in [0.15, 0.2) is 0 Å². The van der Waals surface area contributed by atoms with Crippen molar-refractivity contribution in [2.45, 2.75) is 24.4 Å². The summed E-state index contributed by atoms with van der Waals surface area (Å²) in [5.74, 6) is 1.09. The second-order valence-corrected chi connectivity index (χ2v) is 11.9. The number of benzene rings is 5. The third-order valence-corrected chi connectivity index (χ3v) is 9.01. The van der Waals surface area contributed by atoms with Crippen molar-refractivity contribution in [2.75, 3.05) is 26.4 Å². The molecule has 0 saturated carbocycles. The van der Waals surface area contributed by atoms with Gasteiger partial charge in [0, 0.05) is 16.9 Å². The van der Waals surface area contributed by atoms with Gasteiger partial charge in [-0.1, -0.05) is 140 Å². The van der Waals surface area contributed by atoms with Crippen molar-refractivity contribution in [3.8, 4) is 28.0 Å². The Hall–Kier alpha value is -4.70. The first-order valence-electron chi connectivity index (χ1n) is 15.8. The summed E-state index contributed by atoms with van der Waals surface area (Å²) in [4.78, 5) is 0. The molecule has 0 aromatic heterocycles. The van der Waals surface area contributed by atoms with Crippen molar-refractivity contribution in [1.82, 2.24) is 0 Å². The molecule has 0 N–H and O–H groups in total. The first kappa shape index (κ1) is 29.0. The standard InChI is InChI=1S/C42H38O3/c1-42(37-22-19-35(27-37)32-13-7-3-8-14-32,36-20-17-33(18-21-36)31-11-5-2-6-12-31)38-23-24-41(44-26-25-43-29-39-30-45-39)40(28-38)34-15-9-4-10-16-34/h2-24,27-28,35,39H,25-26,29-30H2,1H3. The summed E-state index contributed by atoms with van der Waals surface area (Å²) in [5, 5.41) is 0. The van der Waals surface area contributed by atoms with Gasteiger partial charge in [-0.05, 0) is 58.0 Å². The largest absolute Gasteiger partial charge is 0.491 e. The maximum atomic E-state index is 6.34. The quantitative estimate of drug-likeness (QED) is 0.107. The highest BCUT2D eigenvalue weighted by atomic mass is 16.6. The molecule has 0 bridgehead atoms. The molecule has 1 saturated heterocycles. The van der Waals surface area contributed by atoms with Gasteiger partial charge in [-0.2, -0.15) is 0 Å². The molecule has 1 aliphatic carbocycles. The zero-order chi connectivity index (χ0) is 30.5. The van der Waals surface area contributed by atoms with Crippen molar-refractivity contribution in [3.05, 3.63) is 174 Å². The van der Waals surface area contributed by atoms with Gasteiger partial charge in [-0.25, -0.2) is 0 Å². The highest BCUT2D eigenvalue weighted by molar-refractivity contribution is 5.73. The van der Waals surface area contributed by atoms with Gasteiger partial charge in [0.2, 0.25) is 0 Å². The Kier molecular flexibility index (Phi) is 8.46. The van der Waals surface area contributed by atoms with Crippen LogP contribution in [-0.2, 0) is 14.9 Å². The molecule has 0 amide bonds. The van der Waals surface area contributed by atoms with E-state index in [9.17, 15) is 0 Å². The molecule has 3 heteroatoms. The Bertz CT molecular complexity index is 1770. The number of rotatable bonds is 12. The molecule has 1 aliphatic heterocycles. The van der Waals surface area contributed by atoms with E-state index in [0.29, 0.717) is 19.8 Å². The monoisotopic (exact) mass is 590 g/mol. The molecule has 7 rings (SSSR count). The van der Waals surface area contributed by atoms with E-state index in [-0.39, 0.29) is 12.0 Å². The Balaban J connectivity index is 1.28. The lowest BCUT2D eigenvalue weighted by Crippen LogP contribution is -2.25. The summed E-state index contributed by atoms with van der Waals surface area (Å²) in [6, 6.07) is 47.6. The van der Waals surface area contributed by atoms with Crippen molar-refractivity contribution in [3.63, 3.8) is 0 Å². The van der Waals surface area contributed by atoms with Crippen LogP contribution < -0.4 is 4.74 Å².